The van der Waals surface area contributed by atoms with Crippen molar-refractivity contribution < 1.29 is 4.79 Å². The lowest BCUT2D eigenvalue weighted by Crippen LogP contribution is -2.33. The van der Waals surface area contributed by atoms with E-state index in [9.17, 15) is 10.1 Å². The van der Waals surface area contributed by atoms with Gasteiger partial charge in [-0.2, -0.15) is 5.26 Å². The van der Waals surface area contributed by atoms with Gasteiger partial charge in [0.15, 0.2) is 0 Å². The number of nitrogens with zero attached hydrogens (tertiary/aromatic N) is 1. The summed E-state index contributed by atoms with van der Waals surface area (Å²) >= 11 is 7.54. The average Bonchev–Trinajstić information content (AvgIpc) is 3.16. The number of halogens is 1. The zero-order valence-corrected chi connectivity index (χ0v) is 15.8. The largest absolute Gasteiger partial charge is 0.349 e. The molecule has 26 heavy (non-hydrogen) atoms. The van der Waals surface area contributed by atoms with Crippen molar-refractivity contribution in [3.63, 3.8) is 0 Å². The molecule has 132 valence electrons. The maximum Gasteiger partial charge on any atom is 0.262 e. The van der Waals surface area contributed by atoms with Gasteiger partial charge in [0.2, 0.25) is 0 Å². The predicted molar refractivity (Wildman–Crippen MR) is 106 cm³/mol. The second kappa shape index (κ2) is 8.93. The molecule has 0 bridgehead atoms. The van der Waals surface area contributed by atoms with Crippen LogP contribution >= 0.6 is 23.4 Å². The third-order valence-corrected chi connectivity index (χ3v) is 5.56. The Morgan fingerprint density at radius 2 is 1.65 bits per heavy atom. The van der Waals surface area contributed by atoms with Crippen LogP contribution in [0.5, 0.6) is 0 Å². The lowest BCUT2D eigenvalue weighted by atomic mass is 10.1. The number of hydrogen-bond donors (Lipinski definition) is 1. The standard InChI is InChI=1S/C21H19ClN2OS/c22-17-7-11-20(12-8-17)26-19-9-5-15(6-10-19)13-16(14-23)21(25)24-18-3-1-2-4-18/h5-13,18H,1-4H2,(H,24,25)/b16-13-. The molecule has 2 aromatic carbocycles. The molecule has 1 amide bonds. The van der Waals surface area contributed by atoms with E-state index < -0.39 is 0 Å². The number of carbonyl (C=O) groups is 1. The van der Waals surface area contributed by atoms with Crippen molar-refractivity contribution in [1.82, 2.24) is 5.32 Å². The van der Waals surface area contributed by atoms with Crippen LogP contribution in [0.4, 0.5) is 0 Å². The molecule has 1 N–H and O–H groups in total. The Hall–Kier alpha value is -2.22. The molecule has 0 atom stereocenters. The summed E-state index contributed by atoms with van der Waals surface area (Å²) in [6, 6.07) is 17.7. The first-order chi connectivity index (χ1) is 12.6. The quantitative estimate of drug-likeness (QED) is 0.552. The second-order valence-corrected chi connectivity index (χ2v) is 7.83. The van der Waals surface area contributed by atoms with Gasteiger partial charge in [-0.3, -0.25) is 4.79 Å². The number of benzene rings is 2. The van der Waals surface area contributed by atoms with Crippen LogP contribution in [0.15, 0.2) is 63.9 Å². The fraction of sp³-hybridized carbons (Fsp3) is 0.238. The van der Waals surface area contributed by atoms with E-state index in [0.29, 0.717) is 0 Å². The first-order valence-electron chi connectivity index (χ1n) is 8.60. The van der Waals surface area contributed by atoms with E-state index in [4.69, 9.17) is 11.6 Å². The Morgan fingerprint density at radius 3 is 2.23 bits per heavy atom. The van der Waals surface area contributed by atoms with E-state index >= 15 is 0 Å². The van der Waals surface area contributed by atoms with E-state index in [2.05, 4.69) is 5.32 Å². The third kappa shape index (κ3) is 5.14. The number of nitriles is 1. The van der Waals surface area contributed by atoms with Crippen molar-refractivity contribution in [2.24, 2.45) is 0 Å². The Labute approximate surface area is 163 Å². The maximum absolute atomic E-state index is 12.3. The van der Waals surface area contributed by atoms with Crippen LogP contribution < -0.4 is 5.32 Å². The molecular formula is C21H19ClN2OS. The van der Waals surface area contributed by atoms with Crippen molar-refractivity contribution in [3.05, 3.63) is 64.7 Å². The van der Waals surface area contributed by atoms with Gasteiger partial charge in [0.1, 0.15) is 11.6 Å². The van der Waals surface area contributed by atoms with Crippen molar-refractivity contribution in [2.75, 3.05) is 0 Å². The molecule has 1 fully saturated rings. The van der Waals surface area contributed by atoms with Crippen LogP contribution in [-0.4, -0.2) is 11.9 Å². The minimum atomic E-state index is -0.279. The Morgan fingerprint density at radius 1 is 1.08 bits per heavy atom. The number of rotatable bonds is 5. The summed E-state index contributed by atoms with van der Waals surface area (Å²) < 4.78 is 0. The molecule has 0 saturated heterocycles. The number of nitrogens with one attached hydrogen (secondary N) is 1. The second-order valence-electron chi connectivity index (χ2n) is 6.25. The zero-order chi connectivity index (χ0) is 18.4. The smallest absolute Gasteiger partial charge is 0.262 e. The Kier molecular flexibility index (Phi) is 6.38. The fourth-order valence-electron chi connectivity index (χ4n) is 2.92. The average molecular weight is 383 g/mol. The molecule has 2 aromatic rings. The van der Waals surface area contributed by atoms with E-state index in [0.717, 1.165) is 46.1 Å². The minimum Gasteiger partial charge on any atom is -0.349 e. The topological polar surface area (TPSA) is 52.9 Å². The summed E-state index contributed by atoms with van der Waals surface area (Å²) in [6.07, 6.45) is 5.93. The molecule has 0 spiro atoms. The summed E-state index contributed by atoms with van der Waals surface area (Å²) in [5, 5.41) is 13.0. The third-order valence-electron chi connectivity index (χ3n) is 4.30. The highest BCUT2D eigenvalue weighted by molar-refractivity contribution is 7.99. The first kappa shape index (κ1) is 18.6. The van der Waals surface area contributed by atoms with Gasteiger partial charge < -0.3 is 5.32 Å². The molecule has 0 heterocycles. The molecule has 0 aromatic heterocycles. The van der Waals surface area contributed by atoms with Gasteiger partial charge in [-0.15, -0.1) is 0 Å². The van der Waals surface area contributed by atoms with Gasteiger partial charge >= 0.3 is 0 Å². The highest BCUT2D eigenvalue weighted by Crippen LogP contribution is 2.29. The Bertz CT molecular complexity index is 832. The van der Waals surface area contributed by atoms with E-state index in [1.54, 1.807) is 17.8 Å². The zero-order valence-electron chi connectivity index (χ0n) is 14.2. The molecular weight excluding hydrogens is 364 g/mol. The monoisotopic (exact) mass is 382 g/mol. The van der Waals surface area contributed by atoms with E-state index in [1.165, 1.54) is 0 Å². The van der Waals surface area contributed by atoms with Gasteiger partial charge in [-0.25, -0.2) is 0 Å². The normalized spacial score (nSPS) is 14.8. The van der Waals surface area contributed by atoms with Gasteiger partial charge in [-0.1, -0.05) is 48.3 Å². The summed E-state index contributed by atoms with van der Waals surface area (Å²) in [6.45, 7) is 0. The molecule has 3 nitrogen and oxygen atoms in total. The molecule has 1 aliphatic rings. The number of carbonyl (C=O) groups excluding carboxylic acids is 1. The van der Waals surface area contributed by atoms with Crippen molar-refractivity contribution in [2.45, 2.75) is 41.5 Å². The van der Waals surface area contributed by atoms with Crippen LogP contribution in [0.25, 0.3) is 6.08 Å². The van der Waals surface area contributed by atoms with Crippen LogP contribution in [-0.2, 0) is 4.79 Å². The summed E-state index contributed by atoms with van der Waals surface area (Å²) in [5.41, 5.74) is 0.985. The molecule has 1 saturated carbocycles. The Balaban J connectivity index is 1.66. The lowest BCUT2D eigenvalue weighted by Gasteiger charge is -2.11. The maximum atomic E-state index is 12.3. The summed E-state index contributed by atoms with van der Waals surface area (Å²) in [7, 11) is 0. The summed E-state index contributed by atoms with van der Waals surface area (Å²) in [4.78, 5) is 14.4. The predicted octanol–water partition coefficient (Wildman–Crippen LogP) is 5.46. The van der Waals surface area contributed by atoms with Crippen LogP contribution in [0.1, 0.15) is 31.2 Å². The SMILES string of the molecule is N#C/C(=C/c1ccc(Sc2ccc(Cl)cc2)cc1)C(=O)NC1CCCC1. The van der Waals surface area contributed by atoms with Gasteiger partial charge in [0.25, 0.3) is 5.91 Å². The molecule has 5 heteroatoms. The minimum absolute atomic E-state index is 0.148. The van der Waals surface area contributed by atoms with Crippen molar-refractivity contribution >= 4 is 35.3 Å². The molecule has 0 radical (unpaired) electrons. The van der Waals surface area contributed by atoms with Gasteiger partial charge in [0.05, 0.1) is 0 Å². The van der Waals surface area contributed by atoms with Gasteiger partial charge in [0, 0.05) is 20.9 Å². The number of hydrogen-bond acceptors (Lipinski definition) is 3. The molecule has 1 aliphatic carbocycles. The number of amides is 1. The molecule has 0 unspecified atom stereocenters. The highest BCUT2D eigenvalue weighted by atomic mass is 35.5. The van der Waals surface area contributed by atoms with Crippen LogP contribution in [0.2, 0.25) is 5.02 Å². The van der Waals surface area contributed by atoms with E-state index in [1.807, 2.05) is 54.6 Å². The fourth-order valence-corrected chi connectivity index (χ4v) is 3.86. The summed E-state index contributed by atoms with van der Waals surface area (Å²) in [5.74, 6) is -0.279. The van der Waals surface area contributed by atoms with Crippen molar-refractivity contribution in [3.8, 4) is 6.07 Å². The molecule has 3 rings (SSSR count). The molecule has 0 aliphatic heterocycles. The van der Waals surface area contributed by atoms with Crippen molar-refractivity contribution in [1.29, 1.82) is 5.26 Å². The first-order valence-corrected chi connectivity index (χ1v) is 9.79. The van der Waals surface area contributed by atoms with Crippen LogP contribution in [0.3, 0.4) is 0 Å². The van der Waals surface area contributed by atoms with E-state index in [-0.39, 0.29) is 17.5 Å². The highest BCUT2D eigenvalue weighted by Gasteiger charge is 2.19. The lowest BCUT2D eigenvalue weighted by molar-refractivity contribution is -0.117. The van der Waals surface area contributed by atoms with Gasteiger partial charge in [-0.05, 0) is 60.9 Å². The van der Waals surface area contributed by atoms with Crippen LogP contribution in [0, 0.1) is 11.3 Å².